The monoisotopic (exact) mass is 399 g/mol. The summed E-state index contributed by atoms with van der Waals surface area (Å²) in [7, 11) is 3.30. The number of carboxylic acid groups (broad SMARTS) is 1. The topological polar surface area (TPSA) is 91.3 Å². The highest BCUT2D eigenvalue weighted by Gasteiger charge is 2.25. The number of carbonyl (C=O) groups excluding carboxylic acids is 1. The van der Waals surface area contributed by atoms with Crippen LogP contribution in [0.5, 0.6) is 5.75 Å². The molecule has 0 saturated carbocycles. The number of aliphatic carboxylic acids is 1. The minimum atomic E-state index is -0.885. The van der Waals surface area contributed by atoms with Gasteiger partial charge in [0, 0.05) is 37.6 Å². The smallest absolute Gasteiger partial charge is 0.317 e. The van der Waals surface area contributed by atoms with Crippen LogP contribution in [0, 0.1) is 0 Å². The number of nitrogens with one attached hydrogen (secondary N) is 1. The average Bonchev–Trinajstić information content (AvgIpc) is 2.61. The van der Waals surface area contributed by atoms with Crippen LogP contribution in [0.1, 0.15) is 6.42 Å². The van der Waals surface area contributed by atoms with Crippen LogP contribution in [-0.2, 0) is 14.3 Å². The predicted octanol–water partition coefficient (Wildman–Crippen LogP) is 1.39. The third kappa shape index (κ3) is 6.89. The van der Waals surface area contributed by atoms with E-state index < -0.39 is 5.97 Å². The number of carboxylic acids is 1. The Labute approximate surface area is 164 Å². The molecule has 1 aromatic carbocycles. The highest BCUT2D eigenvalue weighted by Crippen LogP contribution is 2.27. The molecular formula is C18H26ClN3O5. The second-order valence-electron chi connectivity index (χ2n) is 6.44. The first-order valence-corrected chi connectivity index (χ1v) is 9.14. The molecule has 2 rings (SSSR count). The third-order valence-electron chi connectivity index (χ3n) is 4.23. The van der Waals surface area contributed by atoms with Crippen molar-refractivity contribution in [2.24, 2.45) is 0 Å². The van der Waals surface area contributed by atoms with Crippen molar-refractivity contribution in [1.82, 2.24) is 9.80 Å². The van der Waals surface area contributed by atoms with Gasteiger partial charge >= 0.3 is 5.97 Å². The Morgan fingerprint density at radius 1 is 1.48 bits per heavy atom. The van der Waals surface area contributed by atoms with Crippen LogP contribution in [-0.4, -0.2) is 86.4 Å². The van der Waals surface area contributed by atoms with Crippen LogP contribution in [0.15, 0.2) is 18.2 Å². The third-order valence-corrected chi connectivity index (χ3v) is 4.46. The van der Waals surface area contributed by atoms with E-state index in [-0.39, 0.29) is 18.6 Å². The quantitative estimate of drug-likeness (QED) is 0.648. The fraction of sp³-hybridized carbons (Fsp3) is 0.556. The zero-order valence-corrected chi connectivity index (χ0v) is 16.4. The maximum absolute atomic E-state index is 12.5. The van der Waals surface area contributed by atoms with E-state index in [4.69, 9.17) is 26.2 Å². The summed E-state index contributed by atoms with van der Waals surface area (Å²) in [5.74, 6) is -0.193. The SMILES string of the molecule is COc1ccc(Cl)cc1NCCC(=O)N1CCOC(CN(C)CC(=O)O)C1. The Morgan fingerprint density at radius 2 is 2.26 bits per heavy atom. The summed E-state index contributed by atoms with van der Waals surface area (Å²) in [6, 6.07) is 5.27. The number of hydrogen-bond donors (Lipinski definition) is 2. The molecule has 2 N–H and O–H groups in total. The molecule has 1 saturated heterocycles. The van der Waals surface area contributed by atoms with Gasteiger partial charge in [0.15, 0.2) is 0 Å². The largest absolute Gasteiger partial charge is 0.495 e. The highest BCUT2D eigenvalue weighted by atomic mass is 35.5. The van der Waals surface area contributed by atoms with Gasteiger partial charge in [0.05, 0.1) is 32.1 Å². The summed E-state index contributed by atoms with van der Waals surface area (Å²) in [5.41, 5.74) is 0.743. The first kappa shape index (κ1) is 21.3. The number of rotatable bonds is 9. The lowest BCUT2D eigenvalue weighted by Crippen LogP contribution is -2.49. The fourth-order valence-corrected chi connectivity index (χ4v) is 3.15. The van der Waals surface area contributed by atoms with Gasteiger partial charge in [-0.15, -0.1) is 0 Å². The predicted molar refractivity (Wildman–Crippen MR) is 103 cm³/mol. The van der Waals surface area contributed by atoms with Gasteiger partial charge in [-0.05, 0) is 25.2 Å². The summed E-state index contributed by atoms with van der Waals surface area (Å²) >= 11 is 6.00. The molecule has 1 unspecified atom stereocenters. The van der Waals surface area contributed by atoms with Crippen molar-refractivity contribution in [3.05, 3.63) is 23.2 Å². The summed E-state index contributed by atoms with van der Waals surface area (Å²) in [6.07, 6.45) is 0.140. The lowest BCUT2D eigenvalue weighted by atomic mass is 10.2. The van der Waals surface area contributed by atoms with Crippen molar-refractivity contribution in [1.29, 1.82) is 0 Å². The molecule has 1 amide bonds. The van der Waals surface area contributed by atoms with E-state index in [0.717, 1.165) is 5.69 Å². The van der Waals surface area contributed by atoms with Gasteiger partial charge in [0.25, 0.3) is 0 Å². The first-order chi connectivity index (χ1) is 12.9. The van der Waals surface area contributed by atoms with Crippen molar-refractivity contribution < 1.29 is 24.2 Å². The first-order valence-electron chi connectivity index (χ1n) is 8.76. The zero-order chi connectivity index (χ0) is 19.8. The summed E-state index contributed by atoms with van der Waals surface area (Å²) in [5, 5.41) is 12.6. The molecule has 0 bridgehead atoms. The van der Waals surface area contributed by atoms with Crippen LogP contribution < -0.4 is 10.1 Å². The maximum Gasteiger partial charge on any atom is 0.317 e. The van der Waals surface area contributed by atoms with Gasteiger partial charge in [-0.3, -0.25) is 14.5 Å². The number of nitrogens with zero attached hydrogens (tertiary/aromatic N) is 2. The van der Waals surface area contributed by atoms with E-state index in [2.05, 4.69) is 5.32 Å². The van der Waals surface area contributed by atoms with Crippen molar-refractivity contribution in [2.75, 3.05) is 58.8 Å². The minimum absolute atomic E-state index is 0.0256. The van der Waals surface area contributed by atoms with Crippen LogP contribution in [0.3, 0.4) is 0 Å². The molecule has 9 heteroatoms. The van der Waals surface area contributed by atoms with Crippen molar-refractivity contribution in [3.63, 3.8) is 0 Å². The number of hydrogen-bond acceptors (Lipinski definition) is 6. The Kier molecular flexibility index (Phi) is 8.15. The van der Waals surface area contributed by atoms with Gasteiger partial charge in [-0.1, -0.05) is 11.6 Å². The van der Waals surface area contributed by atoms with Gasteiger partial charge < -0.3 is 24.8 Å². The van der Waals surface area contributed by atoms with E-state index in [1.54, 1.807) is 42.2 Å². The number of methoxy groups -OCH3 is 1. The molecule has 8 nitrogen and oxygen atoms in total. The molecule has 1 aromatic rings. The lowest BCUT2D eigenvalue weighted by molar-refractivity contribution is -0.142. The molecule has 27 heavy (non-hydrogen) atoms. The Hall–Kier alpha value is -2.03. The maximum atomic E-state index is 12.5. The second-order valence-corrected chi connectivity index (χ2v) is 6.88. The molecule has 1 aliphatic heterocycles. The normalized spacial score (nSPS) is 17.0. The second kappa shape index (κ2) is 10.3. The van der Waals surface area contributed by atoms with E-state index in [9.17, 15) is 9.59 Å². The van der Waals surface area contributed by atoms with Crippen LogP contribution in [0.4, 0.5) is 5.69 Å². The Bertz CT molecular complexity index is 658. The fourth-order valence-electron chi connectivity index (χ4n) is 2.98. The molecule has 1 atom stereocenters. The van der Waals surface area contributed by atoms with E-state index in [1.807, 2.05) is 0 Å². The molecule has 0 spiro atoms. The van der Waals surface area contributed by atoms with E-state index >= 15 is 0 Å². The minimum Gasteiger partial charge on any atom is -0.495 e. The molecule has 1 fully saturated rings. The number of benzene rings is 1. The Balaban J connectivity index is 1.80. The van der Waals surface area contributed by atoms with E-state index in [0.29, 0.717) is 50.0 Å². The summed E-state index contributed by atoms with van der Waals surface area (Å²) in [4.78, 5) is 26.7. The van der Waals surface area contributed by atoms with Crippen molar-refractivity contribution >= 4 is 29.2 Å². The standard InChI is InChI=1S/C18H26ClN3O5/c1-21(12-18(24)25)10-14-11-22(7-8-27-14)17(23)5-6-20-15-9-13(19)3-4-16(15)26-2/h3-4,9,14,20H,5-8,10-12H2,1-2H3,(H,24,25). The molecular weight excluding hydrogens is 374 g/mol. The van der Waals surface area contributed by atoms with Gasteiger partial charge in [-0.2, -0.15) is 0 Å². The molecule has 0 aromatic heterocycles. The number of morpholine rings is 1. The molecule has 150 valence electrons. The van der Waals surface area contributed by atoms with Gasteiger partial charge in [-0.25, -0.2) is 0 Å². The number of ether oxygens (including phenoxy) is 2. The van der Waals surface area contributed by atoms with Gasteiger partial charge in [0.2, 0.25) is 5.91 Å². The van der Waals surface area contributed by atoms with Crippen molar-refractivity contribution in [2.45, 2.75) is 12.5 Å². The number of amides is 1. The lowest BCUT2D eigenvalue weighted by Gasteiger charge is -2.34. The van der Waals surface area contributed by atoms with Gasteiger partial charge in [0.1, 0.15) is 5.75 Å². The molecule has 1 aliphatic rings. The van der Waals surface area contributed by atoms with Crippen LogP contribution in [0.2, 0.25) is 5.02 Å². The molecule has 0 radical (unpaired) electrons. The number of anilines is 1. The number of halogens is 1. The average molecular weight is 400 g/mol. The molecule has 0 aliphatic carbocycles. The number of carbonyl (C=O) groups is 2. The van der Waals surface area contributed by atoms with Crippen LogP contribution >= 0.6 is 11.6 Å². The highest BCUT2D eigenvalue weighted by molar-refractivity contribution is 6.30. The zero-order valence-electron chi connectivity index (χ0n) is 15.6. The molecule has 1 heterocycles. The Morgan fingerprint density at radius 3 is 2.96 bits per heavy atom. The van der Waals surface area contributed by atoms with Crippen LogP contribution in [0.25, 0.3) is 0 Å². The summed E-state index contributed by atoms with van der Waals surface area (Å²) in [6.45, 7) is 2.32. The summed E-state index contributed by atoms with van der Waals surface area (Å²) < 4.78 is 10.9. The van der Waals surface area contributed by atoms with Crippen molar-refractivity contribution in [3.8, 4) is 5.75 Å². The van der Waals surface area contributed by atoms with E-state index in [1.165, 1.54) is 0 Å². The number of likely N-dealkylation sites (N-methyl/N-ethyl adjacent to an activating group) is 1.